The Morgan fingerprint density at radius 1 is 0.431 bits per heavy atom. The van der Waals surface area contributed by atoms with Crippen LogP contribution < -0.4 is 54.0 Å². The highest BCUT2D eigenvalue weighted by molar-refractivity contribution is 5.68. The SMILES string of the molecule is CC.NCCNc1nc(NCCNc2nc(NCCNc3nc(N)nc(NCCC(=O)O)n3)nc(NCCC(=O)O)n2)nc(NCCC(=O)O)n1. The molecule has 3 heterocycles. The second-order valence-electron chi connectivity index (χ2n) is 9.59. The first-order valence-electron chi connectivity index (χ1n) is 15.9. The van der Waals surface area contributed by atoms with Crippen molar-refractivity contribution >= 4 is 71.4 Å². The van der Waals surface area contributed by atoms with Crippen LogP contribution in [0.4, 0.5) is 53.5 Å². The maximum atomic E-state index is 11.0. The molecule has 0 unspecified atom stereocenters. The summed E-state index contributed by atoms with van der Waals surface area (Å²) >= 11 is 0. The zero-order valence-corrected chi connectivity index (χ0v) is 28.2. The van der Waals surface area contributed by atoms with Crippen LogP contribution in [0.1, 0.15) is 33.1 Å². The topological polar surface area (TPSA) is 376 Å². The van der Waals surface area contributed by atoms with Gasteiger partial charge in [0.15, 0.2) is 0 Å². The van der Waals surface area contributed by atoms with Crippen molar-refractivity contribution in [3.63, 3.8) is 0 Å². The summed E-state index contributed by atoms with van der Waals surface area (Å²) in [5.74, 6) is -1.56. The smallest absolute Gasteiger partial charge is 0.305 e. The monoisotopic (exact) mass is 719 g/mol. The number of aliphatic carboxylic acids is 3. The molecule has 0 bridgehead atoms. The van der Waals surface area contributed by atoms with Crippen molar-refractivity contribution in [3.8, 4) is 0 Å². The van der Waals surface area contributed by atoms with E-state index in [-0.39, 0.29) is 99.0 Å². The van der Waals surface area contributed by atoms with Crippen molar-refractivity contribution in [2.75, 3.05) is 107 Å². The number of hydrogen-bond donors (Lipinski definition) is 13. The van der Waals surface area contributed by atoms with Crippen molar-refractivity contribution in [1.29, 1.82) is 0 Å². The highest BCUT2D eigenvalue weighted by Crippen LogP contribution is 2.12. The van der Waals surface area contributed by atoms with Crippen LogP contribution >= 0.6 is 0 Å². The quantitative estimate of drug-likeness (QED) is 0.0463. The van der Waals surface area contributed by atoms with Crippen LogP contribution in [0.25, 0.3) is 0 Å². The number of carboxylic acids is 3. The molecule has 3 aromatic rings. The minimum absolute atomic E-state index is 0.0601. The molecule has 0 aliphatic heterocycles. The number of nitrogens with two attached hydrogens (primary N) is 2. The van der Waals surface area contributed by atoms with Crippen LogP contribution in [-0.2, 0) is 14.4 Å². The third kappa shape index (κ3) is 17.5. The average molecular weight is 720 g/mol. The minimum atomic E-state index is -0.991. The van der Waals surface area contributed by atoms with Gasteiger partial charge in [-0.05, 0) is 0 Å². The van der Waals surface area contributed by atoms with Crippen molar-refractivity contribution in [3.05, 3.63) is 0 Å². The molecular formula is C26H45N19O6. The first kappa shape index (κ1) is 40.8. The molecule has 0 saturated carbocycles. The first-order valence-corrected chi connectivity index (χ1v) is 15.9. The highest BCUT2D eigenvalue weighted by Gasteiger charge is 2.10. The second kappa shape index (κ2) is 23.0. The van der Waals surface area contributed by atoms with Gasteiger partial charge in [-0.3, -0.25) is 14.4 Å². The molecule has 0 amide bonds. The first-order chi connectivity index (χ1) is 24.6. The Bertz CT molecular complexity index is 1530. The number of nitrogens with one attached hydrogen (secondary N) is 8. The molecule has 25 heteroatoms. The molecule has 0 atom stereocenters. The molecule has 0 radical (unpaired) electrons. The van der Waals surface area contributed by atoms with Crippen molar-refractivity contribution in [2.24, 2.45) is 5.73 Å². The lowest BCUT2D eigenvalue weighted by atomic mass is 10.4. The molecule has 51 heavy (non-hydrogen) atoms. The Labute approximate surface area is 292 Å². The summed E-state index contributed by atoms with van der Waals surface area (Å²) in [7, 11) is 0. The number of rotatable bonds is 25. The second-order valence-corrected chi connectivity index (χ2v) is 9.59. The third-order valence-electron chi connectivity index (χ3n) is 5.60. The van der Waals surface area contributed by atoms with Crippen LogP contribution in [0.3, 0.4) is 0 Å². The Hall–Kier alpha value is -6.40. The minimum Gasteiger partial charge on any atom is -0.481 e. The summed E-state index contributed by atoms with van der Waals surface area (Å²) in [6.07, 6.45) is -0.413. The van der Waals surface area contributed by atoms with E-state index in [4.69, 9.17) is 26.8 Å². The lowest BCUT2D eigenvalue weighted by molar-refractivity contribution is -0.137. The highest BCUT2D eigenvalue weighted by atomic mass is 16.4. The Morgan fingerprint density at radius 3 is 0.882 bits per heavy atom. The maximum absolute atomic E-state index is 11.0. The van der Waals surface area contributed by atoms with Gasteiger partial charge in [0.05, 0.1) is 19.3 Å². The van der Waals surface area contributed by atoms with Crippen molar-refractivity contribution < 1.29 is 29.7 Å². The molecule has 25 nitrogen and oxygen atoms in total. The molecule has 0 aliphatic carbocycles. The third-order valence-corrected chi connectivity index (χ3v) is 5.60. The molecule has 0 aliphatic rings. The largest absolute Gasteiger partial charge is 0.481 e. The Kier molecular flexibility index (Phi) is 18.4. The fourth-order valence-electron chi connectivity index (χ4n) is 3.50. The zero-order valence-electron chi connectivity index (χ0n) is 28.2. The van der Waals surface area contributed by atoms with Gasteiger partial charge < -0.3 is 69.3 Å². The van der Waals surface area contributed by atoms with Gasteiger partial charge in [0.25, 0.3) is 0 Å². The van der Waals surface area contributed by atoms with Crippen LogP contribution in [-0.4, -0.2) is 137 Å². The molecule has 0 spiro atoms. The van der Waals surface area contributed by atoms with E-state index >= 15 is 0 Å². The van der Waals surface area contributed by atoms with Gasteiger partial charge in [0.1, 0.15) is 0 Å². The molecule has 0 aromatic carbocycles. The number of anilines is 9. The maximum Gasteiger partial charge on any atom is 0.305 e. The Morgan fingerprint density at radius 2 is 0.647 bits per heavy atom. The van der Waals surface area contributed by atoms with Gasteiger partial charge in [-0.1, -0.05) is 13.8 Å². The summed E-state index contributed by atoms with van der Waals surface area (Å²) < 4.78 is 0. The van der Waals surface area contributed by atoms with Crippen LogP contribution in [0.2, 0.25) is 0 Å². The predicted octanol–water partition coefficient (Wildman–Crippen LogP) is -1.07. The fourth-order valence-corrected chi connectivity index (χ4v) is 3.50. The standard InChI is InChI=1S/C24H39N19O6.C2H6/c25-4-8-30-21-38-19(28-6-2-14(46)47)39-22(42-21)33-11-12-34-24-41-20(29-7-3-15(48)49)40-23(43-24)32-10-9-31-18-36-16(26)35-17(37-18)27-5-1-13(44)45;1-2/h1-12,25H2,(H,44,45)(H,46,47)(H,48,49)(H4,26,27,31,35,36,37)(H3,28,30,33,38,39,42)(H3,29,32,34,40,41,43);1-2H3. The molecule has 3 aromatic heterocycles. The molecule has 280 valence electrons. The zero-order chi connectivity index (χ0) is 37.4. The van der Waals surface area contributed by atoms with Gasteiger partial charge in [0, 0.05) is 58.9 Å². The van der Waals surface area contributed by atoms with E-state index in [1.54, 1.807) is 0 Å². The van der Waals surface area contributed by atoms with Crippen LogP contribution in [0, 0.1) is 0 Å². The number of hydrogen-bond acceptors (Lipinski definition) is 22. The lowest BCUT2D eigenvalue weighted by Crippen LogP contribution is -2.21. The Balaban J connectivity index is 0.00000442. The predicted molar refractivity (Wildman–Crippen MR) is 189 cm³/mol. The number of aromatic nitrogens is 9. The summed E-state index contributed by atoms with van der Waals surface area (Å²) in [5, 5.41) is 50.2. The summed E-state index contributed by atoms with van der Waals surface area (Å²) in [5.41, 5.74) is 11.3. The van der Waals surface area contributed by atoms with E-state index in [0.29, 0.717) is 32.7 Å². The van der Waals surface area contributed by atoms with E-state index in [1.807, 2.05) is 13.8 Å². The fraction of sp³-hybridized carbons (Fsp3) is 0.538. The van der Waals surface area contributed by atoms with E-state index in [2.05, 4.69) is 87.4 Å². The van der Waals surface area contributed by atoms with E-state index in [1.165, 1.54) is 0 Å². The molecule has 0 fully saturated rings. The average Bonchev–Trinajstić information content (AvgIpc) is 3.08. The molecule has 0 saturated heterocycles. The molecule has 3 rings (SSSR count). The van der Waals surface area contributed by atoms with E-state index in [9.17, 15) is 14.4 Å². The normalized spacial score (nSPS) is 10.2. The lowest BCUT2D eigenvalue weighted by Gasteiger charge is -2.13. The van der Waals surface area contributed by atoms with Crippen molar-refractivity contribution in [2.45, 2.75) is 33.1 Å². The summed E-state index contributed by atoms with van der Waals surface area (Å²) in [6.45, 7) is 6.23. The summed E-state index contributed by atoms with van der Waals surface area (Å²) in [6, 6.07) is 0. The van der Waals surface area contributed by atoms with E-state index in [0.717, 1.165) is 0 Å². The van der Waals surface area contributed by atoms with Gasteiger partial charge >= 0.3 is 17.9 Å². The van der Waals surface area contributed by atoms with Gasteiger partial charge in [-0.2, -0.15) is 44.9 Å². The number of nitrogen functional groups attached to an aromatic ring is 1. The summed E-state index contributed by atoms with van der Waals surface area (Å²) in [4.78, 5) is 70.3. The van der Waals surface area contributed by atoms with Gasteiger partial charge in [-0.25, -0.2) is 0 Å². The van der Waals surface area contributed by atoms with Crippen LogP contribution in [0.15, 0.2) is 0 Å². The number of carbonyl (C=O) groups is 3. The van der Waals surface area contributed by atoms with Gasteiger partial charge in [-0.15, -0.1) is 0 Å². The molecule has 15 N–H and O–H groups in total. The molecular weight excluding hydrogens is 674 g/mol. The number of carboxylic acid groups (broad SMARTS) is 3. The van der Waals surface area contributed by atoms with E-state index < -0.39 is 17.9 Å². The van der Waals surface area contributed by atoms with Crippen LogP contribution in [0.5, 0.6) is 0 Å². The van der Waals surface area contributed by atoms with Gasteiger partial charge in [0.2, 0.25) is 53.5 Å². The van der Waals surface area contributed by atoms with Crippen molar-refractivity contribution in [1.82, 2.24) is 44.9 Å². The number of nitrogens with zero attached hydrogens (tertiary/aromatic N) is 9.